The van der Waals surface area contributed by atoms with Crippen LogP contribution in [0.5, 0.6) is 5.75 Å². The number of aromatic nitrogens is 2. The smallest absolute Gasteiger partial charge is 0.121 e. The van der Waals surface area contributed by atoms with Crippen molar-refractivity contribution in [3.05, 3.63) is 36.2 Å². The summed E-state index contributed by atoms with van der Waals surface area (Å²) in [6.45, 7) is 3.32. The number of H-pyrrole nitrogens is 1. The summed E-state index contributed by atoms with van der Waals surface area (Å²) in [7, 11) is 0. The lowest BCUT2D eigenvalue weighted by Gasteiger charge is -2.04. The van der Waals surface area contributed by atoms with Gasteiger partial charge in [-0.25, -0.2) is 0 Å². The minimum absolute atomic E-state index is 0.652. The molecule has 1 aromatic carbocycles. The predicted octanol–water partition coefficient (Wildman–Crippen LogP) is 2.75. The van der Waals surface area contributed by atoms with Crippen LogP contribution >= 0.6 is 0 Å². The summed E-state index contributed by atoms with van der Waals surface area (Å²) in [5.74, 6) is 0.873. The van der Waals surface area contributed by atoms with Crippen molar-refractivity contribution in [2.24, 2.45) is 5.73 Å². The molecule has 0 atom stereocenters. The number of pyridine rings is 1. The third-order valence-electron chi connectivity index (χ3n) is 3.30. The number of hydrogen-bond donors (Lipinski definition) is 2. The van der Waals surface area contributed by atoms with Crippen molar-refractivity contribution < 1.29 is 4.74 Å². The summed E-state index contributed by atoms with van der Waals surface area (Å²) < 4.78 is 5.67. The lowest BCUT2D eigenvalue weighted by molar-refractivity contribution is 0.314. The van der Waals surface area contributed by atoms with Crippen LogP contribution in [0.25, 0.3) is 21.8 Å². The molecule has 2 heterocycles. The number of fused-ring (bicyclic) bond motifs is 3. The molecule has 3 aromatic rings. The highest BCUT2D eigenvalue weighted by atomic mass is 16.5. The Morgan fingerprint density at radius 3 is 3.00 bits per heavy atom. The Morgan fingerprint density at radius 1 is 1.26 bits per heavy atom. The Kier molecular flexibility index (Phi) is 3.09. The minimum atomic E-state index is 0.652. The zero-order valence-corrected chi connectivity index (χ0v) is 10.9. The first-order chi connectivity index (χ1) is 9.29. The molecule has 4 nitrogen and oxygen atoms in total. The quantitative estimate of drug-likeness (QED) is 0.704. The number of nitrogens with two attached hydrogens (primary N) is 1. The fourth-order valence-electron chi connectivity index (χ4n) is 2.31. The van der Waals surface area contributed by atoms with Gasteiger partial charge in [0.05, 0.1) is 23.3 Å². The number of nitrogens with one attached hydrogen (secondary N) is 1. The van der Waals surface area contributed by atoms with Gasteiger partial charge in [0, 0.05) is 23.0 Å². The summed E-state index contributed by atoms with van der Waals surface area (Å²) in [5.41, 5.74) is 8.64. The molecule has 0 amide bonds. The van der Waals surface area contributed by atoms with Crippen LogP contribution in [0.1, 0.15) is 12.1 Å². The number of ether oxygens (including phenoxy) is 1. The fraction of sp³-hybridized carbons (Fsp3) is 0.267. The first kappa shape index (κ1) is 12.0. The highest BCUT2D eigenvalue weighted by Crippen LogP contribution is 2.29. The maximum atomic E-state index is 5.67. The normalized spacial score (nSPS) is 11.3. The van der Waals surface area contributed by atoms with Gasteiger partial charge in [0.1, 0.15) is 5.75 Å². The van der Waals surface area contributed by atoms with Gasteiger partial charge in [-0.15, -0.1) is 0 Å². The van der Waals surface area contributed by atoms with Crippen LogP contribution < -0.4 is 10.5 Å². The Hall–Kier alpha value is -2.07. The molecular formula is C15H17N3O. The molecule has 2 aromatic heterocycles. The van der Waals surface area contributed by atoms with Crippen molar-refractivity contribution in [1.82, 2.24) is 9.97 Å². The molecule has 3 rings (SSSR count). The second-order valence-electron chi connectivity index (χ2n) is 4.64. The van der Waals surface area contributed by atoms with E-state index < -0.39 is 0 Å². The second-order valence-corrected chi connectivity index (χ2v) is 4.64. The van der Waals surface area contributed by atoms with E-state index >= 15 is 0 Å². The molecule has 0 saturated heterocycles. The van der Waals surface area contributed by atoms with Crippen LogP contribution in [0.4, 0.5) is 0 Å². The number of aromatic amines is 1. The van der Waals surface area contributed by atoms with Crippen molar-refractivity contribution in [3.8, 4) is 5.75 Å². The van der Waals surface area contributed by atoms with E-state index in [1.807, 2.05) is 31.3 Å². The van der Waals surface area contributed by atoms with Crippen LogP contribution in [0, 0.1) is 6.92 Å². The molecular weight excluding hydrogens is 238 g/mol. The number of hydrogen-bond acceptors (Lipinski definition) is 3. The summed E-state index contributed by atoms with van der Waals surface area (Å²) in [5, 5.41) is 2.41. The van der Waals surface area contributed by atoms with E-state index in [0.29, 0.717) is 13.2 Å². The van der Waals surface area contributed by atoms with Crippen molar-refractivity contribution in [3.63, 3.8) is 0 Å². The first-order valence-electron chi connectivity index (χ1n) is 6.49. The molecule has 0 aliphatic heterocycles. The first-order valence-corrected chi connectivity index (χ1v) is 6.49. The number of aryl methyl sites for hydroxylation is 1. The molecule has 0 aliphatic rings. The average molecular weight is 255 g/mol. The van der Waals surface area contributed by atoms with Crippen molar-refractivity contribution in [1.29, 1.82) is 0 Å². The van der Waals surface area contributed by atoms with Gasteiger partial charge in [-0.05, 0) is 38.1 Å². The van der Waals surface area contributed by atoms with Gasteiger partial charge in [0.15, 0.2) is 0 Å². The molecule has 98 valence electrons. The topological polar surface area (TPSA) is 63.9 Å². The molecule has 3 N–H and O–H groups in total. The van der Waals surface area contributed by atoms with E-state index in [9.17, 15) is 0 Å². The lowest BCUT2D eigenvalue weighted by Crippen LogP contribution is -2.05. The van der Waals surface area contributed by atoms with Gasteiger partial charge in [-0.2, -0.15) is 0 Å². The Labute approximate surface area is 111 Å². The zero-order chi connectivity index (χ0) is 13.2. The van der Waals surface area contributed by atoms with Gasteiger partial charge in [0.25, 0.3) is 0 Å². The van der Waals surface area contributed by atoms with E-state index in [-0.39, 0.29) is 0 Å². The summed E-state index contributed by atoms with van der Waals surface area (Å²) in [6.07, 6.45) is 2.71. The molecule has 19 heavy (non-hydrogen) atoms. The van der Waals surface area contributed by atoms with E-state index in [0.717, 1.165) is 28.9 Å². The SMILES string of the molecule is Cc1nccc2c1[nH]c1cc(OCCCN)ccc12. The van der Waals surface area contributed by atoms with Gasteiger partial charge >= 0.3 is 0 Å². The summed E-state index contributed by atoms with van der Waals surface area (Å²) >= 11 is 0. The van der Waals surface area contributed by atoms with Crippen LogP contribution in [-0.2, 0) is 0 Å². The summed E-state index contributed by atoms with van der Waals surface area (Å²) in [6, 6.07) is 8.16. The third-order valence-corrected chi connectivity index (χ3v) is 3.30. The fourth-order valence-corrected chi connectivity index (χ4v) is 2.31. The van der Waals surface area contributed by atoms with Crippen molar-refractivity contribution >= 4 is 21.8 Å². The zero-order valence-electron chi connectivity index (χ0n) is 10.9. The molecule has 0 spiro atoms. The third kappa shape index (κ3) is 2.15. The van der Waals surface area contributed by atoms with Crippen molar-refractivity contribution in [2.75, 3.05) is 13.2 Å². The molecule has 0 unspecified atom stereocenters. The van der Waals surface area contributed by atoms with Crippen molar-refractivity contribution in [2.45, 2.75) is 13.3 Å². The van der Waals surface area contributed by atoms with Crippen LogP contribution in [0.2, 0.25) is 0 Å². The Balaban J connectivity index is 2.04. The highest BCUT2D eigenvalue weighted by molar-refractivity contribution is 6.08. The van der Waals surface area contributed by atoms with E-state index in [2.05, 4.69) is 16.0 Å². The van der Waals surface area contributed by atoms with Gasteiger partial charge in [-0.1, -0.05) is 0 Å². The average Bonchev–Trinajstić information content (AvgIpc) is 2.79. The second kappa shape index (κ2) is 4.90. The molecule has 0 fully saturated rings. The largest absolute Gasteiger partial charge is 0.493 e. The maximum absolute atomic E-state index is 5.67. The van der Waals surface area contributed by atoms with Gasteiger partial charge < -0.3 is 15.5 Å². The Bertz CT molecular complexity index is 718. The predicted molar refractivity (Wildman–Crippen MR) is 77.5 cm³/mol. The van der Waals surface area contributed by atoms with Gasteiger partial charge in [0.2, 0.25) is 0 Å². The molecule has 0 radical (unpaired) electrons. The van der Waals surface area contributed by atoms with E-state index in [4.69, 9.17) is 10.5 Å². The molecule has 0 saturated carbocycles. The molecule has 0 bridgehead atoms. The maximum Gasteiger partial charge on any atom is 0.121 e. The minimum Gasteiger partial charge on any atom is -0.493 e. The van der Waals surface area contributed by atoms with Gasteiger partial charge in [-0.3, -0.25) is 4.98 Å². The van der Waals surface area contributed by atoms with Crippen LogP contribution in [-0.4, -0.2) is 23.1 Å². The monoisotopic (exact) mass is 255 g/mol. The van der Waals surface area contributed by atoms with E-state index in [1.54, 1.807) is 0 Å². The standard InChI is InChI=1S/C15H17N3O/c1-10-15-13(5-7-17-10)12-4-3-11(9-14(12)18-15)19-8-2-6-16/h3-5,7,9,18H,2,6,8,16H2,1H3. The Morgan fingerprint density at radius 2 is 2.16 bits per heavy atom. The molecule has 0 aliphatic carbocycles. The number of benzene rings is 1. The number of nitrogens with zero attached hydrogens (tertiary/aromatic N) is 1. The van der Waals surface area contributed by atoms with E-state index in [1.165, 1.54) is 10.8 Å². The summed E-state index contributed by atoms with van der Waals surface area (Å²) in [4.78, 5) is 7.72. The van der Waals surface area contributed by atoms with Crippen LogP contribution in [0.3, 0.4) is 0 Å². The highest BCUT2D eigenvalue weighted by Gasteiger charge is 2.07. The molecule has 4 heteroatoms. The van der Waals surface area contributed by atoms with Crippen LogP contribution in [0.15, 0.2) is 30.5 Å². The number of rotatable bonds is 4. The lowest BCUT2D eigenvalue weighted by atomic mass is 10.1.